The summed E-state index contributed by atoms with van der Waals surface area (Å²) in [4.78, 5) is 26.1. The van der Waals surface area contributed by atoms with Gasteiger partial charge in [0.15, 0.2) is 0 Å². The topological polar surface area (TPSA) is 87.5 Å². The first-order valence-electron chi connectivity index (χ1n) is 8.47. The molecule has 0 aliphatic rings. The smallest absolute Gasteiger partial charge is 0.247 e. The summed E-state index contributed by atoms with van der Waals surface area (Å²) < 4.78 is 1.54. The largest absolute Gasteiger partial charge is 0.506 e. The molecule has 2 N–H and O–H groups in total. The zero-order chi connectivity index (χ0) is 19.5. The Kier molecular flexibility index (Phi) is 5.69. The highest BCUT2D eigenvalue weighted by molar-refractivity contribution is 5.96. The minimum atomic E-state index is -0.500. The second kappa shape index (κ2) is 7.59. The maximum absolute atomic E-state index is 12.4. The highest BCUT2D eigenvalue weighted by Crippen LogP contribution is 2.30. The van der Waals surface area contributed by atoms with Crippen molar-refractivity contribution in [2.24, 2.45) is 0 Å². The molecule has 0 fully saturated rings. The predicted molar refractivity (Wildman–Crippen MR) is 100 cm³/mol. The molecule has 1 unspecified atom stereocenters. The number of phenolic OH excluding ortho intramolecular Hbond substituents is 1. The van der Waals surface area contributed by atoms with Gasteiger partial charge < -0.3 is 15.3 Å². The third kappa shape index (κ3) is 4.62. The van der Waals surface area contributed by atoms with Crippen LogP contribution in [0.25, 0.3) is 0 Å². The van der Waals surface area contributed by atoms with Gasteiger partial charge in [0.25, 0.3) is 0 Å². The first kappa shape index (κ1) is 19.5. The van der Waals surface area contributed by atoms with Crippen LogP contribution < -0.4 is 5.32 Å². The Bertz CT molecular complexity index is 779. The molecule has 0 aliphatic heterocycles. The van der Waals surface area contributed by atoms with Gasteiger partial charge >= 0.3 is 0 Å². The van der Waals surface area contributed by atoms with Gasteiger partial charge in [0.05, 0.1) is 12.2 Å². The number of carbonyl (C=O) groups is 2. The Balaban J connectivity index is 2.03. The first-order valence-corrected chi connectivity index (χ1v) is 8.47. The Labute approximate surface area is 153 Å². The number of amides is 2. The van der Waals surface area contributed by atoms with Gasteiger partial charge in [0.2, 0.25) is 11.8 Å². The third-order valence-electron chi connectivity index (χ3n) is 4.17. The van der Waals surface area contributed by atoms with Crippen LogP contribution in [0.5, 0.6) is 5.75 Å². The van der Waals surface area contributed by atoms with E-state index in [0.717, 1.165) is 5.56 Å². The highest BCUT2D eigenvalue weighted by atomic mass is 16.3. The van der Waals surface area contributed by atoms with Gasteiger partial charge in [-0.05, 0) is 36.1 Å². The lowest BCUT2D eigenvalue weighted by Gasteiger charge is -2.22. The third-order valence-corrected chi connectivity index (χ3v) is 4.17. The lowest BCUT2D eigenvalue weighted by Crippen LogP contribution is -2.38. The van der Waals surface area contributed by atoms with Crippen LogP contribution in [-0.4, -0.2) is 45.2 Å². The second-order valence-electron chi connectivity index (χ2n) is 7.39. The number of carbonyl (C=O) groups excluding carboxylic acids is 2. The Morgan fingerprint density at radius 1 is 1.35 bits per heavy atom. The highest BCUT2D eigenvalue weighted by Gasteiger charge is 2.22. The van der Waals surface area contributed by atoms with Crippen molar-refractivity contribution in [1.29, 1.82) is 0 Å². The Morgan fingerprint density at radius 3 is 2.62 bits per heavy atom. The molecule has 1 aromatic carbocycles. The fourth-order valence-electron chi connectivity index (χ4n) is 2.53. The van der Waals surface area contributed by atoms with Crippen molar-refractivity contribution in [3.8, 4) is 5.75 Å². The first-order chi connectivity index (χ1) is 12.1. The number of hydrogen-bond acceptors (Lipinski definition) is 4. The molecule has 140 valence electrons. The summed E-state index contributed by atoms with van der Waals surface area (Å²) in [5.74, 6) is -0.614. The van der Waals surface area contributed by atoms with E-state index in [-0.39, 0.29) is 29.5 Å². The van der Waals surface area contributed by atoms with Gasteiger partial charge in [0, 0.05) is 19.4 Å². The molecule has 2 rings (SSSR count). The summed E-state index contributed by atoms with van der Waals surface area (Å²) in [5.41, 5.74) is 1.21. The van der Waals surface area contributed by atoms with Crippen LogP contribution in [0.15, 0.2) is 36.7 Å². The maximum Gasteiger partial charge on any atom is 0.247 e. The molecule has 0 aliphatic carbocycles. The van der Waals surface area contributed by atoms with Crippen LogP contribution in [0.2, 0.25) is 0 Å². The van der Waals surface area contributed by atoms with E-state index in [4.69, 9.17) is 0 Å². The second-order valence-corrected chi connectivity index (χ2v) is 7.39. The van der Waals surface area contributed by atoms with Crippen molar-refractivity contribution in [3.63, 3.8) is 0 Å². The molecule has 7 nitrogen and oxygen atoms in total. The molecule has 0 saturated heterocycles. The van der Waals surface area contributed by atoms with E-state index in [1.165, 1.54) is 9.58 Å². The molecule has 2 aromatic rings. The van der Waals surface area contributed by atoms with Crippen molar-refractivity contribution in [1.82, 2.24) is 14.7 Å². The summed E-state index contributed by atoms with van der Waals surface area (Å²) in [5, 5.41) is 16.7. The van der Waals surface area contributed by atoms with Gasteiger partial charge in [-0.2, -0.15) is 5.10 Å². The van der Waals surface area contributed by atoms with Gasteiger partial charge in [-0.15, -0.1) is 0 Å². The van der Waals surface area contributed by atoms with Crippen LogP contribution in [0.3, 0.4) is 0 Å². The number of hydrogen-bond donors (Lipinski definition) is 2. The zero-order valence-electron chi connectivity index (χ0n) is 15.9. The minimum Gasteiger partial charge on any atom is -0.506 e. The van der Waals surface area contributed by atoms with E-state index >= 15 is 0 Å². The van der Waals surface area contributed by atoms with Crippen LogP contribution in [0.1, 0.15) is 39.3 Å². The number of nitrogens with one attached hydrogen (secondary N) is 1. The minimum absolute atomic E-state index is 0.00904. The monoisotopic (exact) mass is 358 g/mol. The molecule has 1 aromatic heterocycles. The summed E-state index contributed by atoms with van der Waals surface area (Å²) >= 11 is 0. The normalized spacial score (nSPS) is 12.5. The zero-order valence-corrected chi connectivity index (χ0v) is 15.9. The van der Waals surface area contributed by atoms with Crippen molar-refractivity contribution in [2.45, 2.75) is 39.2 Å². The molecule has 0 spiro atoms. The van der Waals surface area contributed by atoms with Crippen molar-refractivity contribution >= 4 is 17.5 Å². The lowest BCUT2D eigenvalue weighted by molar-refractivity contribution is -0.136. The lowest BCUT2D eigenvalue weighted by atomic mass is 9.87. The fraction of sp³-hybridized carbons (Fsp3) is 0.421. The molecule has 0 radical (unpaired) electrons. The number of anilines is 1. The number of benzene rings is 1. The summed E-state index contributed by atoms with van der Waals surface area (Å²) in [6.07, 6.45) is 3.30. The van der Waals surface area contributed by atoms with E-state index in [9.17, 15) is 14.7 Å². The number of aromatic nitrogens is 2. The van der Waals surface area contributed by atoms with Gasteiger partial charge in [-0.3, -0.25) is 14.3 Å². The van der Waals surface area contributed by atoms with E-state index in [1.807, 2.05) is 26.8 Å². The van der Waals surface area contributed by atoms with Gasteiger partial charge in [-0.1, -0.05) is 26.8 Å². The quantitative estimate of drug-likeness (QED) is 0.804. The van der Waals surface area contributed by atoms with Crippen molar-refractivity contribution in [3.05, 3.63) is 42.2 Å². The molecule has 0 bridgehead atoms. The standard InChI is InChI=1S/C19H26N4O3/c1-13(23-10-6-9-20-23)18(26)22(5)12-17(25)21-15-11-14(19(2,3)4)7-8-16(15)24/h6-11,13,24H,12H2,1-5H3,(H,21,25). The summed E-state index contributed by atoms with van der Waals surface area (Å²) in [6, 6.07) is 6.38. The molecule has 7 heteroatoms. The average molecular weight is 358 g/mol. The average Bonchev–Trinajstić information content (AvgIpc) is 3.08. The molecule has 26 heavy (non-hydrogen) atoms. The number of likely N-dealkylation sites (N-methyl/N-ethyl adjacent to an activating group) is 1. The van der Waals surface area contributed by atoms with E-state index < -0.39 is 6.04 Å². The molecule has 1 atom stereocenters. The van der Waals surface area contributed by atoms with E-state index in [1.54, 1.807) is 44.6 Å². The number of nitrogens with zero attached hydrogens (tertiary/aromatic N) is 3. The summed E-state index contributed by atoms with van der Waals surface area (Å²) in [7, 11) is 1.56. The molecule has 1 heterocycles. The van der Waals surface area contributed by atoms with Crippen LogP contribution >= 0.6 is 0 Å². The van der Waals surface area contributed by atoms with E-state index in [2.05, 4.69) is 10.4 Å². The molecule has 2 amide bonds. The SMILES string of the molecule is CC(C(=O)N(C)CC(=O)Nc1cc(C(C)(C)C)ccc1O)n1cccn1. The van der Waals surface area contributed by atoms with E-state index in [0.29, 0.717) is 5.69 Å². The number of phenols is 1. The molecular weight excluding hydrogens is 332 g/mol. The molecular formula is C19H26N4O3. The van der Waals surface area contributed by atoms with Gasteiger partial charge in [0.1, 0.15) is 11.8 Å². The van der Waals surface area contributed by atoms with Crippen molar-refractivity contribution < 1.29 is 14.7 Å². The predicted octanol–water partition coefficient (Wildman–Crippen LogP) is 2.54. The maximum atomic E-state index is 12.4. The number of aromatic hydroxyl groups is 1. The van der Waals surface area contributed by atoms with Gasteiger partial charge in [-0.25, -0.2) is 0 Å². The van der Waals surface area contributed by atoms with Crippen molar-refractivity contribution in [2.75, 3.05) is 18.9 Å². The summed E-state index contributed by atoms with van der Waals surface area (Å²) in [6.45, 7) is 7.75. The van der Waals surface area contributed by atoms with Crippen LogP contribution in [-0.2, 0) is 15.0 Å². The molecule has 0 saturated carbocycles. The van der Waals surface area contributed by atoms with Crippen LogP contribution in [0.4, 0.5) is 5.69 Å². The Hall–Kier alpha value is -2.83. The van der Waals surface area contributed by atoms with Crippen LogP contribution in [0, 0.1) is 0 Å². The number of rotatable bonds is 5. The fourth-order valence-corrected chi connectivity index (χ4v) is 2.53. The Morgan fingerprint density at radius 2 is 2.04 bits per heavy atom.